The largest absolute Gasteiger partial charge is 0.490 e. The van der Waals surface area contributed by atoms with Gasteiger partial charge in [-0.2, -0.15) is 0 Å². The molecule has 8 heteroatoms. The number of hydrogen-bond donors (Lipinski definition) is 0. The van der Waals surface area contributed by atoms with E-state index in [2.05, 4.69) is 6.92 Å². The predicted molar refractivity (Wildman–Crippen MR) is 146 cm³/mol. The van der Waals surface area contributed by atoms with Crippen LogP contribution in [-0.2, 0) is 11.4 Å². The molecule has 37 heavy (non-hydrogen) atoms. The van der Waals surface area contributed by atoms with Crippen molar-refractivity contribution in [3.63, 3.8) is 0 Å². The molecule has 0 aromatic heterocycles. The highest BCUT2D eigenvalue weighted by atomic mass is 32.2. The van der Waals surface area contributed by atoms with Gasteiger partial charge in [-0.3, -0.25) is 9.69 Å². The molecule has 1 amide bonds. The van der Waals surface area contributed by atoms with Crippen LogP contribution in [0.1, 0.15) is 31.4 Å². The minimum Gasteiger partial charge on any atom is -0.490 e. The van der Waals surface area contributed by atoms with Gasteiger partial charge in [-0.1, -0.05) is 37.3 Å². The molecule has 0 bridgehead atoms. The van der Waals surface area contributed by atoms with Gasteiger partial charge in [0, 0.05) is 6.54 Å². The molecular weight excluding hydrogens is 488 g/mol. The van der Waals surface area contributed by atoms with Crippen molar-refractivity contribution in [2.24, 2.45) is 4.99 Å². The van der Waals surface area contributed by atoms with Crippen LogP contribution in [0.3, 0.4) is 0 Å². The standard InChI is InChI=1S/C29H28N2O5S/c1-3-14-31-28(32)27(37-29(31)30-22-8-6-5-7-9-22)17-20-10-12-23(25(15-20)33-4-2)34-18-21-11-13-24-26(16-21)36-19-35-24/h5-13,15-17H,3-4,14,18-19H2,1-2H3/b27-17+,30-29?. The van der Waals surface area contributed by atoms with E-state index in [0.717, 1.165) is 34.7 Å². The Bertz CT molecular complexity index is 1340. The van der Waals surface area contributed by atoms with E-state index < -0.39 is 0 Å². The third-order valence-corrected chi connectivity index (χ3v) is 6.72. The summed E-state index contributed by atoms with van der Waals surface area (Å²) in [5.74, 6) is 2.68. The summed E-state index contributed by atoms with van der Waals surface area (Å²) in [6, 6.07) is 21.1. The number of hydrogen-bond acceptors (Lipinski definition) is 7. The summed E-state index contributed by atoms with van der Waals surface area (Å²) >= 11 is 1.39. The average molecular weight is 517 g/mol. The average Bonchev–Trinajstić information content (AvgIpc) is 3.49. The van der Waals surface area contributed by atoms with Crippen LogP contribution in [0.2, 0.25) is 0 Å². The number of thioether (sulfide) groups is 1. The molecule has 0 aliphatic carbocycles. The second-order valence-corrected chi connectivity index (χ2v) is 9.42. The van der Waals surface area contributed by atoms with Gasteiger partial charge < -0.3 is 18.9 Å². The van der Waals surface area contributed by atoms with Crippen molar-refractivity contribution in [3.8, 4) is 23.0 Å². The molecule has 0 spiro atoms. The van der Waals surface area contributed by atoms with Crippen molar-refractivity contribution in [2.45, 2.75) is 26.9 Å². The third kappa shape index (κ3) is 5.75. The number of fused-ring (bicyclic) bond motifs is 1. The molecular formula is C29H28N2O5S. The number of amides is 1. The molecule has 190 valence electrons. The van der Waals surface area contributed by atoms with E-state index in [-0.39, 0.29) is 12.7 Å². The zero-order valence-corrected chi connectivity index (χ0v) is 21.6. The molecule has 1 fully saturated rings. The third-order valence-electron chi connectivity index (χ3n) is 5.71. The van der Waals surface area contributed by atoms with Gasteiger partial charge in [0.2, 0.25) is 6.79 Å². The maximum Gasteiger partial charge on any atom is 0.266 e. The van der Waals surface area contributed by atoms with Crippen molar-refractivity contribution in [3.05, 3.63) is 82.8 Å². The SMILES string of the molecule is CCCN1C(=O)/C(=C\c2ccc(OCc3ccc4c(c3)OCO4)c(OCC)c2)SC1=Nc1ccccc1. The summed E-state index contributed by atoms with van der Waals surface area (Å²) in [7, 11) is 0. The lowest BCUT2D eigenvalue weighted by atomic mass is 10.1. The zero-order valence-electron chi connectivity index (χ0n) is 20.8. The van der Waals surface area contributed by atoms with Crippen LogP contribution < -0.4 is 18.9 Å². The first-order chi connectivity index (χ1) is 18.1. The summed E-state index contributed by atoms with van der Waals surface area (Å²) in [5.41, 5.74) is 2.64. The summed E-state index contributed by atoms with van der Waals surface area (Å²) < 4.78 is 22.8. The quantitative estimate of drug-likeness (QED) is 0.306. The fourth-order valence-corrected chi connectivity index (χ4v) is 4.99. The number of benzene rings is 3. The lowest BCUT2D eigenvalue weighted by Gasteiger charge is -2.14. The van der Waals surface area contributed by atoms with E-state index in [9.17, 15) is 4.79 Å². The van der Waals surface area contributed by atoms with E-state index in [4.69, 9.17) is 23.9 Å². The number of nitrogens with zero attached hydrogens (tertiary/aromatic N) is 2. The minimum absolute atomic E-state index is 0.0392. The van der Waals surface area contributed by atoms with Gasteiger partial charge in [-0.25, -0.2) is 4.99 Å². The molecule has 0 atom stereocenters. The topological polar surface area (TPSA) is 69.6 Å². The molecule has 3 aromatic rings. The second kappa shape index (κ2) is 11.4. The van der Waals surface area contributed by atoms with Crippen molar-refractivity contribution in [2.75, 3.05) is 19.9 Å². The molecule has 2 aliphatic heterocycles. The normalized spacial score (nSPS) is 16.6. The Balaban J connectivity index is 1.35. The fourth-order valence-electron chi connectivity index (χ4n) is 3.97. The van der Waals surface area contributed by atoms with E-state index >= 15 is 0 Å². The fraction of sp³-hybridized carbons (Fsp3) is 0.241. The molecule has 7 nitrogen and oxygen atoms in total. The summed E-state index contributed by atoms with van der Waals surface area (Å²) in [6.07, 6.45) is 2.73. The van der Waals surface area contributed by atoms with E-state index in [0.29, 0.717) is 41.3 Å². The lowest BCUT2D eigenvalue weighted by Crippen LogP contribution is -2.29. The van der Waals surface area contributed by atoms with Crippen LogP contribution in [0.15, 0.2) is 76.6 Å². The van der Waals surface area contributed by atoms with Gasteiger partial charge in [-0.15, -0.1) is 0 Å². The molecule has 0 saturated carbocycles. The Labute approximate surface area is 220 Å². The lowest BCUT2D eigenvalue weighted by molar-refractivity contribution is -0.122. The first-order valence-electron chi connectivity index (χ1n) is 12.3. The van der Waals surface area contributed by atoms with E-state index in [1.54, 1.807) is 4.90 Å². The predicted octanol–water partition coefficient (Wildman–Crippen LogP) is 6.41. The van der Waals surface area contributed by atoms with Gasteiger partial charge >= 0.3 is 0 Å². The van der Waals surface area contributed by atoms with Gasteiger partial charge in [0.15, 0.2) is 28.2 Å². The van der Waals surface area contributed by atoms with Crippen molar-refractivity contribution in [1.29, 1.82) is 0 Å². The summed E-state index contributed by atoms with van der Waals surface area (Å²) in [5, 5.41) is 0.693. The molecule has 2 aliphatic rings. The number of rotatable bonds is 9. The van der Waals surface area contributed by atoms with Crippen LogP contribution in [0, 0.1) is 0 Å². The van der Waals surface area contributed by atoms with Crippen molar-refractivity contribution < 1.29 is 23.7 Å². The van der Waals surface area contributed by atoms with Crippen molar-refractivity contribution in [1.82, 2.24) is 4.90 Å². The maximum atomic E-state index is 13.2. The van der Waals surface area contributed by atoms with Crippen molar-refractivity contribution >= 4 is 34.6 Å². The Morgan fingerprint density at radius 1 is 0.973 bits per heavy atom. The van der Waals surface area contributed by atoms with E-state index in [1.165, 1.54) is 11.8 Å². The Morgan fingerprint density at radius 3 is 2.62 bits per heavy atom. The number of carbonyl (C=O) groups is 1. The second-order valence-electron chi connectivity index (χ2n) is 8.41. The minimum atomic E-state index is -0.0392. The molecule has 2 heterocycles. The molecule has 5 rings (SSSR count). The van der Waals surface area contributed by atoms with Crippen LogP contribution in [0.4, 0.5) is 5.69 Å². The Morgan fingerprint density at radius 2 is 1.81 bits per heavy atom. The van der Waals surface area contributed by atoms with Crippen LogP contribution in [-0.4, -0.2) is 35.9 Å². The molecule has 0 N–H and O–H groups in total. The van der Waals surface area contributed by atoms with Gasteiger partial charge in [0.1, 0.15) is 6.61 Å². The smallest absolute Gasteiger partial charge is 0.266 e. The summed E-state index contributed by atoms with van der Waals surface area (Å²) in [6.45, 7) is 5.69. The number of amidine groups is 1. The molecule has 3 aromatic carbocycles. The van der Waals surface area contributed by atoms with Crippen LogP contribution >= 0.6 is 11.8 Å². The first-order valence-corrected chi connectivity index (χ1v) is 13.1. The highest BCUT2D eigenvalue weighted by molar-refractivity contribution is 8.18. The number of para-hydroxylation sites is 1. The zero-order chi connectivity index (χ0) is 25.6. The Kier molecular flexibility index (Phi) is 7.65. The Hall–Kier alpha value is -3.91. The summed E-state index contributed by atoms with van der Waals surface area (Å²) in [4.78, 5) is 20.3. The van der Waals surface area contributed by atoms with Crippen LogP contribution in [0.25, 0.3) is 6.08 Å². The van der Waals surface area contributed by atoms with Gasteiger partial charge in [-0.05, 0) is 78.7 Å². The number of carbonyl (C=O) groups excluding carboxylic acids is 1. The molecule has 0 unspecified atom stereocenters. The molecule has 1 saturated heterocycles. The number of aliphatic imine (C=N–C) groups is 1. The number of ether oxygens (including phenoxy) is 4. The molecule has 0 radical (unpaired) electrons. The maximum absolute atomic E-state index is 13.2. The van der Waals surface area contributed by atoms with Gasteiger partial charge in [0.05, 0.1) is 17.2 Å². The van der Waals surface area contributed by atoms with Crippen LogP contribution in [0.5, 0.6) is 23.0 Å². The highest BCUT2D eigenvalue weighted by Crippen LogP contribution is 2.37. The monoisotopic (exact) mass is 516 g/mol. The van der Waals surface area contributed by atoms with Gasteiger partial charge in [0.25, 0.3) is 5.91 Å². The van der Waals surface area contributed by atoms with E-state index in [1.807, 2.05) is 79.7 Å². The highest BCUT2D eigenvalue weighted by Gasteiger charge is 2.32. The first kappa shape index (κ1) is 24.8.